The van der Waals surface area contributed by atoms with Gasteiger partial charge in [0.25, 0.3) is 11.2 Å². The van der Waals surface area contributed by atoms with Crippen LogP contribution >= 0.6 is 11.3 Å². The van der Waals surface area contributed by atoms with E-state index in [0.717, 1.165) is 16.9 Å². The number of nitrogens with zero attached hydrogens (tertiary/aromatic N) is 5. The standard InChI is InChI=1S/C20H13N5O4S/c1-12-16(8-10-29-12)18-21-20-24(22-18)19(26)17(30-20)11-15-3-2-9-23(15)13-4-6-14(7-5-13)25(27)28/h2-11H,1H3/b17-11-. The fraction of sp³-hybridized carbons (Fsp3) is 0.0500. The summed E-state index contributed by atoms with van der Waals surface area (Å²) >= 11 is 1.24. The molecule has 5 rings (SSSR count). The molecule has 0 radical (unpaired) electrons. The Hall–Kier alpha value is -4.05. The Bertz CT molecular complexity index is 1510. The molecule has 1 aromatic carbocycles. The van der Waals surface area contributed by atoms with Crippen LogP contribution in [0.15, 0.2) is 64.1 Å². The van der Waals surface area contributed by atoms with E-state index in [1.807, 2.05) is 29.8 Å². The van der Waals surface area contributed by atoms with E-state index >= 15 is 0 Å². The van der Waals surface area contributed by atoms with E-state index in [4.69, 9.17) is 4.42 Å². The smallest absolute Gasteiger partial charge is 0.291 e. The first-order valence-electron chi connectivity index (χ1n) is 8.89. The Morgan fingerprint density at radius 1 is 1.20 bits per heavy atom. The van der Waals surface area contributed by atoms with Gasteiger partial charge in [0.1, 0.15) is 10.3 Å². The van der Waals surface area contributed by atoms with Crippen LogP contribution in [0.4, 0.5) is 5.69 Å². The van der Waals surface area contributed by atoms with Crippen LogP contribution in [0.25, 0.3) is 28.1 Å². The Morgan fingerprint density at radius 2 is 2.00 bits per heavy atom. The maximum Gasteiger partial charge on any atom is 0.291 e. The Kier molecular flexibility index (Phi) is 4.07. The van der Waals surface area contributed by atoms with Gasteiger partial charge in [-0.3, -0.25) is 14.9 Å². The molecule has 0 aliphatic rings. The SMILES string of the molecule is Cc1occc1-c1nc2s/c(=C\c3cccn3-c3ccc([N+](=O)[O-])cc3)c(=O)n2n1. The highest BCUT2D eigenvalue weighted by Gasteiger charge is 2.15. The second kappa shape index (κ2) is 6.78. The van der Waals surface area contributed by atoms with E-state index in [2.05, 4.69) is 10.1 Å². The zero-order valence-corrected chi connectivity index (χ0v) is 16.4. The molecule has 9 nitrogen and oxygen atoms in total. The molecule has 0 atom stereocenters. The molecule has 4 heterocycles. The molecule has 0 fully saturated rings. The van der Waals surface area contributed by atoms with Crippen LogP contribution in [0.5, 0.6) is 0 Å². The molecule has 0 saturated heterocycles. The topological polar surface area (TPSA) is 108 Å². The number of hydrogen-bond acceptors (Lipinski definition) is 7. The molecule has 0 spiro atoms. The van der Waals surface area contributed by atoms with Gasteiger partial charge in [0.15, 0.2) is 5.82 Å². The van der Waals surface area contributed by atoms with Crippen LogP contribution < -0.4 is 10.1 Å². The molecule has 30 heavy (non-hydrogen) atoms. The quantitative estimate of drug-likeness (QED) is 0.327. The van der Waals surface area contributed by atoms with Gasteiger partial charge in [-0.25, -0.2) is 0 Å². The van der Waals surface area contributed by atoms with Crippen molar-refractivity contribution in [2.24, 2.45) is 0 Å². The summed E-state index contributed by atoms with van der Waals surface area (Å²) in [4.78, 5) is 28.2. The molecule has 0 aliphatic carbocycles. The normalized spacial score (nSPS) is 12.1. The van der Waals surface area contributed by atoms with Gasteiger partial charge in [0.2, 0.25) is 4.96 Å². The van der Waals surface area contributed by atoms with Crippen LogP contribution in [0.2, 0.25) is 0 Å². The number of non-ortho nitro benzene ring substituents is 1. The summed E-state index contributed by atoms with van der Waals surface area (Å²) in [6.45, 7) is 1.81. The van der Waals surface area contributed by atoms with Crippen LogP contribution in [0.3, 0.4) is 0 Å². The summed E-state index contributed by atoms with van der Waals surface area (Å²) in [7, 11) is 0. The summed E-state index contributed by atoms with van der Waals surface area (Å²) in [5, 5.41) is 15.2. The molecule has 148 valence electrons. The number of furan rings is 1. The first kappa shape index (κ1) is 18.0. The molecule has 0 aliphatic heterocycles. The zero-order valence-electron chi connectivity index (χ0n) is 15.6. The fourth-order valence-electron chi connectivity index (χ4n) is 3.18. The highest BCUT2D eigenvalue weighted by atomic mass is 32.1. The lowest BCUT2D eigenvalue weighted by molar-refractivity contribution is -0.384. The van der Waals surface area contributed by atoms with E-state index in [9.17, 15) is 14.9 Å². The number of benzene rings is 1. The van der Waals surface area contributed by atoms with Gasteiger partial charge in [-0.1, -0.05) is 11.3 Å². The lowest BCUT2D eigenvalue weighted by Crippen LogP contribution is -2.24. The molecule has 10 heteroatoms. The molecule has 0 unspecified atom stereocenters. The first-order valence-corrected chi connectivity index (χ1v) is 9.71. The minimum absolute atomic E-state index is 0.0208. The predicted octanol–water partition coefficient (Wildman–Crippen LogP) is 2.97. The molecule has 0 bridgehead atoms. The second-order valence-corrected chi connectivity index (χ2v) is 7.52. The molecule has 0 saturated carbocycles. The maximum absolute atomic E-state index is 12.8. The van der Waals surface area contributed by atoms with Gasteiger partial charge in [-0.15, -0.1) is 5.10 Å². The van der Waals surface area contributed by atoms with Crippen molar-refractivity contribution in [1.29, 1.82) is 0 Å². The highest BCUT2D eigenvalue weighted by Crippen LogP contribution is 2.22. The van der Waals surface area contributed by atoms with E-state index in [-0.39, 0.29) is 11.2 Å². The van der Waals surface area contributed by atoms with Gasteiger partial charge in [-0.05, 0) is 43.3 Å². The van der Waals surface area contributed by atoms with Gasteiger partial charge in [-0.2, -0.15) is 9.50 Å². The number of nitro benzene ring substituents is 1. The van der Waals surface area contributed by atoms with Crippen molar-refractivity contribution >= 4 is 28.1 Å². The minimum Gasteiger partial charge on any atom is -0.469 e. The van der Waals surface area contributed by atoms with Crippen molar-refractivity contribution in [1.82, 2.24) is 19.2 Å². The van der Waals surface area contributed by atoms with E-state index in [1.165, 1.54) is 28.0 Å². The molecule has 5 aromatic rings. The highest BCUT2D eigenvalue weighted by molar-refractivity contribution is 7.15. The van der Waals surface area contributed by atoms with Crippen molar-refractivity contribution < 1.29 is 9.34 Å². The van der Waals surface area contributed by atoms with Crippen molar-refractivity contribution in [3.63, 3.8) is 0 Å². The largest absolute Gasteiger partial charge is 0.469 e. The molecule has 4 aromatic heterocycles. The van der Waals surface area contributed by atoms with E-state index in [1.54, 1.807) is 30.5 Å². The first-order chi connectivity index (χ1) is 14.5. The third-order valence-electron chi connectivity index (χ3n) is 4.68. The Labute approximate surface area is 172 Å². The molecule has 0 amide bonds. The maximum atomic E-state index is 12.8. The third-order valence-corrected chi connectivity index (χ3v) is 5.64. The average molecular weight is 419 g/mol. The van der Waals surface area contributed by atoms with Crippen LogP contribution in [-0.2, 0) is 0 Å². The predicted molar refractivity (Wildman–Crippen MR) is 111 cm³/mol. The molecular formula is C20H13N5O4S. The zero-order chi connectivity index (χ0) is 20.8. The second-order valence-electron chi connectivity index (χ2n) is 6.51. The van der Waals surface area contributed by atoms with Crippen LogP contribution in [-0.4, -0.2) is 24.1 Å². The summed E-state index contributed by atoms with van der Waals surface area (Å²) in [5.41, 5.74) is 2.03. The third kappa shape index (κ3) is 2.90. The number of fused-ring (bicyclic) bond motifs is 1. The lowest BCUT2D eigenvalue weighted by Gasteiger charge is -2.05. The van der Waals surface area contributed by atoms with Gasteiger partial charge in [0, 0.05) is 29.7 Å². The molecular weight excluding hydrogens is 406 g/mol. The summed E-state index contributed by atoms with van der Waals surface area (Å²) in [6, 6.07) is 11.7. The van der Waals surface area contributed by atoms with Gasteiger partial charge >= 0.3 is 0 Å². The number of aryl methyl sites for hydroxylation is 1. The number of hydrogen-bond donors (Lipinski definition) is 0. The Balaban J connectivity index is 1.56. The number of aromatic nitrogens is 4. The van der Waals surface area contributed by atoms with E-state index in [0.29, 0.717) is 21.1 Å². The van der Waals surface area contributed by atoms with Gasteiger partial charge < -0.3 is 8.98 Å². The van der Waals surface area contributed by atoms with Crippen LogP contribution in [0, 0.1) is 17.0 Å². The fourth-order valence-corrected chi connectivity index (χ4v) is 4.07. The summed E-state index contributed by atoms with van der Waals surface area (Å²) in [6.07, 6.45) is 5.14. The van der Waals surface area contributed by atoms with E-state index < -0.39 is 4.92 Å². The summed E-state index contributed by atoms with van der Waals surface area (Å²) in [5.74, 6) is 1.14. The molecule has 0 N–H and O–H groups in total. The number of rotatable bonds is 4. The Morgan fingerprint density at radius 3 is 2.67 bits per heavy atom. The summed E-state index contributed by atoms with van der Waals surface area (Å²) < 4.78 is 8.90. The number of thiazole rings is 1. The minimum atomic E-state index is -0.441. The van der Waals surface area contributed by atoms with Crippen molar-refractivity contribution in [2.45, 2.75) is 6.92 Å². The van der Waals surface area contributed by atoms with Crippen molar-refractivity contribution in [2.75, 3.05) is 0 Å². The van der Waals surface area contributed by atoms with Crippen molar-refractivity contribution in [3.05, 3.63) is 91.4 Å². The van der Waals surface area contributed by atoms with Crippen molar-refractivity contribution in [3.8, 4) is 17.1 Å². The average Bonchev–Trinajstić information content (AvgIpc) is 3.50. The van der Waals surface area contributed by atoms with Gasteiger partial charge in [0.05, 0.1) is 16.7 Å². The van der Waals surface area contributed by atoms with Crippen LogP contribution in [0.1, 0.15) is 11.5 Å². The monoisotopic (exact) mass is 419 g/mol. The number of nitro groups is 1. The lowest BCUT2D eigenvalue weighted by atomic mass is 10.2.